The average molecular weight is 243 g/mol. The molecule has 0 aliphatic heterocycles. The Labute approximate surface area is 94.9 Å². The minimum Gasteiger partial charge on any atom is -0.338 e. The minimum atomic E-state index is -0.00517. The third-order valence-electron chi connectivity index (χ3n) is 1.66. The van der Waals surface area contributed by atoms with Gasteiger partial charge in [0.1, 0.15) is 5.78 Å². The molecule has 0 N–H and O–H groups in total. The Hall–Kier alpha value is -1.20. The topological polar surface area (TPSA) is 56.0 Å². The van der Waals surface area contributed by atoms with E-state index in [2.05, 4.69) is 10.1 Å². The molecule has 15 heavy (non-hydrogen) atoms. The number of rotatable bonds is 3. The molecule has 0 aliphatic rings. The fraction of sp³-hybridized carbons (Fsp3) is 0.222. The van der Waals surface area contributed by atoms with Crippen LogP contribution in [0.3, 0.4) is 0 Å². The Kier molecular flexibility index (Phi) is 2.83. The molecule has 0 spiro atoms. The normalized spacial score (nSPS) is 10.5. The maximum absolute atomic E-state index is 10.8. The van der Waals surface area contributed by atoms with Crippen LogP contribution in [-0.4, -0.2) is 15.9 Å². The van der Waals surface area contributed by atoms with Crippen molar-refractivity contribution in [2.75, 3.05) is 0 Å². The van der Waals surface area contributed by atoms with E-state index in [4.69, 9.17) is 16.1 Å². The average Bonchev–Trinajstić information content (AvgIpc) is 2.72. The molecule has 0 saturated heterocycles. The van der Waals surface area contributed by atoms with Gasteiger partial charge in [-0.25, -0.2) is 0 Å². The first kappa shape index (κ1) is 10.3. The van der Waals surface area contributed by atoms with Crippen molar-refractivity contribution in [3.63, 3.8) is 0 Å². The van der Waals surface area contributed by atoms with E-state index < -0.39 is 0 Å². The summed E-state index contributed by atoms with van der Waals surface area (Å²) in [5.74, 6) is 0.805. The number of Topliss-reactive ketones (excluding diaryl/α,β-unsaturated/α-hetero) is 1. The van der Waals surface area contributed by atoms with Crippen LogP contribution in [0.1, 0.15) is 12.8 Å². The van der Waals surface area contributed by atoms with Gasteiger partial charge in [0.2, 0.25) is 11.7 Å². The highest BCUT2D eigenvalue weighted by Crippen LogP contribution is 2.28. The molecular formula is C9H7ClN2O2S. The number of ketones is 1. The van der Waals surface area contributed by atoms with Gasteiger partial charge in [-0.05, 0) is 19.1 Å². The van der Waals surface area contributed by atoms with Crippen LogP contribution in [0.5, 0.6) is 0 Å². The van der Waals surface area contributed by atoms with Crippen LogP contribution in [0.15, 0.2) is 16.7 Å². The first-order valence-corrected chi connectivity index (χ1v) is 5.42. The van der Waals surface area contributed by atoms with Crippen molar-refractivity contribution in [1.29, 1.82) is 0 Å². The molecule has 0 fully saturated rings. The maximum Gasteiger partial charge on any atom is 0.234 e. The van der Waals surface area contributed by atoms with E-state index in [9.17, 15) is 4.79 Å². The van der Waals surface area contributed by atoms with Crippen molar-refractivity contribution in [1.82, 2.24) is 10.1 Å². The molecule has 0 aromatic carbocycles. The van der Waals surface area contributed by atoms with Gasteiger partial charge in [0.05, 0.1) is 15.6 Å². The number of carbonyl (C=O) groups is 1. The van der Waals surface area contributed by atoms with Gasteiger partial charge in [0, 0.05) is 0 Å². The number of thiophene rings is 1. The van der Waals surface area contributed by atoms with Gasteiger partial charge in [-0.1, -0.05) is 16.8 Å². The predicted molar refractivity (Wildman–Crippen MR) is 57.0 cm³/mol. The first-order valence-electron chi connectivity index (χ1n) is 4.23. The second-order valence-corrected chi connectivity index (χ2v) is 4.71. The standard InChI is InChI=1S/C9H7ClN2O2S/c1-5(13)4-8-11-9(12-14-8)6-2-3-7(10)15-6/h2-3H,4H2,1H3. The third kappa shape index (κ3) is 2.43. The lowest BCUT2D eigenvalue weighted by atomic mass is 10.3. The van der Waals surface area contributed by atoms with E-state index in [1.54, 1.807) is 6.07 Å². The minimum absolute atomic E-state index is 0.00517. The van der Waals surface area contributed by atoms with Gasteiger partial charge in [-0.2, -0.15) is 4.98 Å². The summed E-state index contributed by atoms with van der Waals surface area (Å²) in [6.07, 6.45) is 0.173. The van der Waals surface area contributed by atoms with Crippen molar-refractivity contribution >= 4 is 28.7 Å². The smallest absolute Gasteiger partial charge is 0.234 e. The fourth-order valence-electron chi connectivity index (χ4n) is 1.07. The van der Waals surface area contributed by atoms with Crippen molar-refractivity contribution in [3.05, 3.63) is 22.4 Å². The van der Waals surface area contributed by atoms with E-state index in [0.717, 1.165) is 4.88 Å². The van der Waals surface area contributed by atoms with E-state index in [1.807, 2.05) is 6.07 Å². The Balaban J connectivity index is 2.23. The van der Waals surface area contributed by atoms with Crippen molar-refractivity contribution in [3.8, 4) is 10.7 Å². The molecule has 78 valence electrons. The molecule has 0 unspecified atom stereocenters. The van der Waals surface area contributed by atoms with E-state index in [1.165, 1.54) is 18.3 Å². The molecule has 0 atom stereocenters. The summed E-state index contributed by atoms with van der Waals surface area (Å²) in [7, 11) is 0. The van der Waals surface area contributed by atoms with E-state index >= 15 is 0 Å². The first-order chi connectivity index (χ1) is 7.15. The fourth-order valence-corrected chi connectivity index (χ4v) is 2.04. The summed E-state index contributed by atoms with van der Waals surface area (Å²) in [5, 5.41) is 3.77. The van der Waals surface area contributed by atoms with Crippen molar-refractivity contribution in [2.24, 2.45) is 0 Å². The van der Waals surface area contributed by atoms with Crippen LogP contribution in [0.4, 0.5) is 0 Å². The Morgan fingerprint density at radius 1 is 1.60 bits per heavy atom. The van der Waals surface area contributed by atoms with Crippen LogP contribution in [0.2, 0.25) is 4.34 Å². The van der Waals surface area contributed by atoms with Gasteiger partial charge in [-0.3, -0.25) is 4.79 Å². The molecule has 2 aromatic rings. The molecule has 6 heteroatoms. The summed E-state index contributed by atoms with van der Waals surface area (Å²) in [5.41, 5.74) is 0. The number of hydrogen-bond acceptors (Lipinski definition) is 5. The van der Waals surface area contributed by atoms with Gasteiger partial charge >= 0.3 is 0 Å². The summed E-state index contributed by atoms with van der Waals surface area (Å²) < 4.78 is 5.59. The molecule has 0 radical (unpaired) electrons. The van der Waals surface area contributed by atoms with Gasteiger partial charge < -0.3 is 4.52 Å². The Bertz CT molecular complexity index is 492. The van der Waals surface area contributed by atoms with Gasteiger partial charge in [0.15, 0.2) is 0 Å². The third-order valence-corrected chi connectivity index (χ3v) is 2.89. The maximum atomic E-state index is 10.8. The predicted octanol–water partition coefficient (Wildman–Crippen LogP) is 2.58. The lowest BCUT2D eigenvalue weighted by Gasteiger charge is -1.84. The molecule has 2 rings (SSSR count). The summed E-state index contributed by atoms with van der Waals surface area (Å²) >= 11 is 7.15. The quantitative estimate of drug-likeness (QED) is 0.830. The van der Waals surface area contributed by atoms with Gasteiger partial charge in [-0.15, -0.1) is 11.3 Å². The lowest BCUT2D eigenvalue weighted by Crippen LogP contribution is -1.95. The lowest BCUT2D eigenvalue weighted by molar-refractivity contribution is -0.116. The zero-order valence-corrected chi connectivity index (χ0v) is 9.43. The summed E-state index contributed by atoms with van der Waals surface area (Å²) in [4.78, 5) is 15.7. The second-order valence-electron chi connectivity index (χ2n) is 2.99. The molecule has 2 heterocycles. The Morgan fingerprint density at radius 2 is 2.40 bits per heavy atom. The highest BCUT2D eigenvalue weighted by atomic mass is 35.5. The van der Waals surface area contributed by atoms with Crippen LogP contribution in [0.25, 0.3) is 10.7 Å². The zero-order chi connectivity index (χ0) is 10.8. The van der Waals surface area contributed by atoms with Gasteiger partial charge in [0.25, 0.3) is 0 Å². The molecule has 0 bridgehead atoms. The van der Waals surface area contributed by atoms with Crippen LogP contribution in [-0.2, 0) is 11.2 Å². The SMILES string of the molecule is CC(=O)Cc1nc(-c2ccc(Cl)s2)no1. The van der Waals surface area contributed by atoms with Crippen molar-refractivity contribution in [2.45, 2.75) is 13.3 Å². The van der Waals surface area contributed by atoms with Crippen LogP contribution < -0.4 is 0 Å². The van der Waals surface area contributed by atoms with E-state index in [0.29, 0.717) is 16.1 Å². The van der Waals surface area contributed by atoms with Crippen molar-refractivity contribution < 1.29 is 9.32 Å². The van der Waals surface area contributed by atoms with E-state index in [-0.39, 0.29) is 12.2 Å². The number of hydrogen-bond donors (Lipinski definition) is 0. The molecule has 0 saturated carbocycles. The van der Waals surface area contributed by atoms with Crippen LogP contribution in [0, 0.1) is 0 Å². The number of carbonyl (C=O) groups excluding carboxylic acids is 1. The number of aromatic nitrogens is 2. The number of halogens is 1. The monoisotopic (exact) mass is 242 g/mol. The molecule has 2 aromatic heterocycles. The zero-order valence-electron chi connectivity index (χ0n) is 7.86. The highest BCUT2D eigenvalue weighted by molar-refractivity contribution is 7.19. The molecular weight excluding hydrogens is 236 g/mol. The second kappa shape index (κ2) is 4.12. The summed E-state index contributed by atoms with van der Waals surface area (Å²) in [6.45, 7) is 1.48. The summed E-state index contributed by atoms with van der Waals surface area (Å²) in [6, 6.07) is 3.58. The Morgan fingerprint density at radius 3 is 3.00 bits per heavy atom. The molecule has 4 nitrogen and oxygen atoms in total. The number of nitrogens with zero attached hydrogens (tertiary/aromatic N) is 2. The highest BCUT2D eigenvalue weighted by Gasteiger charge is 2.11. The molecule has 0 amide bonds. The largest absolute Gasteiger partial charge is 0.338 e. The molecule has 0 aliphatic carbocycles. The van der Waals surface area contributed by atoms with Crippen LogP contribution >= 0.6 is 22.9 Å².